The number of imidazole rings is 1. The van der Waals surface area contributed by atoms with Crippen LogP contribution in [-0.2, 0) is 16.0 Å². The second-order valence-electron chi connectivity index (χ2n) is 6.07. The van der Waals surface area contributed by atoms with E-state index in [9.17, 15) is 4.79 Å². The van der Waals surface area contributed by atoms with Gasteiger partial charge in [0.25, 0.3) is 0 Å². The highest BCUT2D eigenvalue weighted by Crippen LogP contribution is 2.31. The minimum absolute atomic E-state index is 0.218. The predicted molar refractivity (Wildman–Crippen MR) is 93.3 cm³/mol. The van der Waals surface area contributed by atoms with Gasteiger partial charge in [-0.15, -0.1) is 0 Å². The third-order valence-electron chi connectivity index (χ3n) is 4.40. The maximum Gasteiger partial charge on any atom is 0.167 e. The lowest BCUT2D eigenvalue weighted by Crippen LogP contribution is -2.12. The summed E-state index contributed by atoms with van der Waals surface area (Å²) in [6.45, 7) is 0. The second-order valence-corrected chi connectivity index (χ2v) is 6.07. The van der Waals surface area contributed by atoms with Crippen LogP contribution in [0.15, 0.2) is 36.7 Å². The third-order valence-corrected chi connectivity index (χ3v) is 4.40. The monoisotopic (exact) mass is 337 g/mol. The van der Waals surface area contributed by atoms with Crippen molar-refractivity contribution in [3.05, 3.63) is 48.0 Å². The number of fused-ring (bicyclic) bond motifs is 1. The molecule has 0 radical (unpaired) electrons. The molecular formula is C18H19N5O2. The van der Waals surface area contributed by atoms with E-state index in [1.807, 2.05) is 29.8 Å². The van der Waals surface area contributed by atoms with Crippen LogP contribution in [0.25, 0.3) is 11.2 Å². The predicted octanol–water partition coefficient (Wildman–Crippen LogP) is 2.34. The number of aldehydes is 1. The Morgan fingerprint density at radius 1 is 1.28 bits per heavy atom. The summed E-state index contributed by atoms with van der Waals surface area (Å²) < 4.78 is 7.67. The summed E-state index contributed by atoms with van der Waals surface area (Å²) in [7, 11) is 1.82. The highest BCUT2D eigenvalue weighted by Gasteiger charge is 2.28. The Hall–Kier alpha value is -2.80. The number of benzene rings is 1. The quantitative estimate of drug-likeness (QED) is 0.720. The molecule has 3 heterocycles. The third kappa shape index (κ3) is 2.98. The number of nitrogens with one attached hydrogen (secondary N) is 1. The first kappa shape index (κ1) is 15.7. The number of carbonyl (C=O) groups is 1. The Morgan fingerprint density at radius 3 is 2.84 bits per heavy atom. The van der Waals surface area contributed by atoms with Gasteiger partial charge in [-0.25, -0.2) is 15.0 Å². The largest absolute Gasteiger partial charge is 0.371 e. The number of nitrogens with zero attached hydrogens (tertiary/aromatic N) is 4. The first-order valence-electron chi connectivity index (χ1n) is 8.34. The van der Waals surface area contributed by atoms with Crippen molar-refractivity contribution >= 4 is 23.3 Å². The van der Waals surface area contributed by atoms with Crippen molar-refractivity contribution in [2.45, 2.75) is 31.6 Å². The minimum atomic E-state index is -0.350. The zero-order valence-electron chi connectivity index (χ0n) is 13.9. The van der Waals surface area contributed by atoms with Gasteiger partial charge in [0.1, 0.15) is 24.4 Å². The molecule has 0 bridgehead atoms. The van der Waals surface area contributed by atoms with Gasteiger partial charge in [-0.2, -0.15) is 0 Å². The van der Waals surface area contributed by atoms with Crippen molar-refractivity contribution in [2.24, 2.45) is 0 Å². The van der Waals surface area contributed by atoms with E-state index < -0.39 is 0 Å². The number of hydrogen-bond donors (Lipinski definition) is 1. The van der Waals surface area contributed by atoms with Crippen molar-refractivity contribution in [1.29, 1.82) is 0 Å². The maximum atomic E-state index is 11.0. The van der Waals surface area contributed by atoms with Gasteiger partial charge >= 0.3 is 0 Å². The zero-order chi connectivity index (χ0) is 17.2. The molecule has 0 aliphatic carbocycles. The summed E-state index contributed by atoms with van der Waals surface area (Å²) in [5.41, 5.74) is 2.58. The molecule has 0 saturated carbocycles. The van der Waals surface area contributed by atoms with Gasteiger partial charge < -0.3 is 14.8 Å². The molecule has 7 nitrogen and oxygen atoms in total. The number of anilines is 1. The van der Waals surface area contributed by atoms with Gasteiger partial charge in [-0.1, -0.05) is 30.3 Å². The Kier molecular flexibility index (Phi) is 4.15. The van der Waals surface area contributed by atoms with Crippen molar-refractivity contribution in [3.63, 3.8) is 0 Å². The lowest BCUT2D eigenvalue weighted by molar-refractivity contribution is -0.119. The van der Waals surface area contributed by atoms with Crippen molar-refractivity contribution in [2.75, 3.05) is 12.4 Å². The summed E-state index contributed by atoms with van der Waals surface area (Å²) in [4.78, 5) is 24.7. The standard InChI is InChI=1S/C18H19N5O2/c1-19-17-16-18(22-14(21-17)9-12-5-3-2-4-6-12)23(11-20-16)15-8-7-13(10-24)25-15/h2-6,10-11,13,15H,7-9H2,1H3,(H,19,21,22). The fourth-order valence-electron chi connectivity index (χ4n) is 3.15. The number of aromatic nitrogens is 4. The summed E-state index contributed by atoms with van der Waals surface area (Å²) in [6, 6.07) is 10.1. The van der Waals surface area contributed by atoms with E-state index in [2.05, 4.69) is 27.4 Å². The van der Waals surface area contributed by atoms with Crippen LogP contribution in [0, 0.1) is 0 Å². The number of carbonyl (C=O) groups excluding carboxylic acids is 1. The normalized spacial score (nSPS) is 20.0. The lowest BCUT2D eigenvalue weighted by atomic mass is 10.1. The lowest BCUT2D eigenvalue weighted by Gasteiger charge is -2.13. The minimum Gasteiger partial charge on any atom is -0.371 e. The summed E-state index contributed by atoms with van der Waals surface area (Å²) >= 11 is 0. The van der Waals surface area contributed by atoms with E-state index >= 15 is 0 Å². The van der Waals surface area contributed by atoms with Gasteiger partial charge in [0.2, 0.25) is 0 Å². The zero-order valence-corrected chi connectivity index (χ0v) is 13.9. The molecule has 25 heavy (non-hydrogen) atoms. The van der Waals surface area contributed by atoms with Gasteiger partial charge in [0.15, 0.2) is 17.0 Å². The fraction of sp³-hybridized carbons (Fsp3) is 0.333. The molecule has 1 aliphatic heterocycles. The molecular weight excluding hydrogens is 318 g/mol. The Balaban J connectivity index is 1.73. The average Bonchev–Trinajstić information content (AvgIpc) is 3.28. The molecule has 2 unspecified atom stereocenters. The van der Waals surface area contributed by atoms with Crippen LogP contribution in [0.4, 0.5) is 5.82 Å². The van der Waals surface area contributed by atoms with Crippen LogP contribution in [0.2, 0.25) is 0 Å². The van der Waals surface area contributed by atoms with Gasteiger partial charge in [-0.3, -0.25) is 4.57 Å². The molecule has 1 aromatic carbocycles. The molecule has 4 rings (SSSR count). The molecule has 1 saturated heterocycles. The number of hydrogen-bond acceptors (Lipinski definition) is 6. The summed E-state index contributed by atoms with van der Waals surface area (Å²) in [5, 5.41) is 3.10. The van der Waals surface area contributed by atoms with E-state index in [1.165, 1.54) is 0 Å². The van der Waals surface area contributed by atoms with Crippen LogP contribution >= 0.6 is 0 Å². The Bertz CT molecular complexity index is 893. The van der Waals surface area contributed by atoms with E-state index in [0.29, 0.717) is 24.2 Å². The highest BCUT2D eigenvalue weighted by molar-refractivity contribution is 5.83. The number of ether oxygens (including phenoxy) is 1. The van der Waals surface area contributed by atoms with Crippen LogP contribution < -0.4 is 5.32 Å². The summed E-state index contributed by atoms with van der Waals surface area (Å²) in [6.07, 6.45) is 4.12. The first-order valence-corrected chi connectivity index (χ1v) is 8.34. The molecule has 0 spiro atoms. The SMILES string of the molecule is CNc1nc(Cc2ccccc2)nc2c1ncn2C1CCC(C=O)O1. The molecule has 3 aromatic rings. The first-order chi connectivity index (χ1) is 12.3. The molecule has 128 valence electrons. The molecule has 1 N–H and O–H groups in total. The van der Waals surface area contributed by atoms with Crippen LogP contribution in [0.3, 0.4) is 0 Å². The average molecular weight is 337 g/mol. The van der Waals surface area contributed by atoms with E-state index in [4.69, 9.17) is 9.72 Å². The van der Waals surface area contributed by atoms with Crippen LogP contribution in [0.1, 0.15) is 30.5 Å². The highest BCUT2D eigenvalue weighted by atomic mass is 16.5. The Labute approximate surface area is 145 Å². The molecule has 1 fully saturated rings. The van der Waals surface area contributed by atoms with Crippen LogP contribution in [-0.4, -0.2) is 39.0 Å². The summed E-state index contributed by atoms with van der Waals surface area (Å²) in [5.74, 6) is 1.41. The van der Waals surface area contributed by atoms with Gasteiger partial charge in [0, 0.05) is 13.5 Å². The van der Waals surface area contributed by atoms with Gasteiger partial charge in [-0.05, 0) is 18.4 Å². The molecule has 2 atom stereocenters. The van der Waals surface area contributed by atoms with E-state index in [-0.39, 0.29) is 12.3 Å². The van der Waals surface area contributed by atoms with E-state index in [1.54, 1.807) is 6.33 Å². The second kappa shape index (κ2) is 6.60. The molecule has 0 amide bonds. The van der Waals surface area contributed by atoms with Crippen molar-refractivity contribution < 1.29 is 9.53 Å². The van der Waals surface area contributed by atoms with Gasteiger partial charge in [0.05, 0.1) is 6.33 Å². The molecule has 2 aromatic heterocycles. The maximum absolute atomic E-state index is 11.0. The fourth-order valence-corrected chi connectivity index (χ4v) is 3.15. The molecule has 7 heteroatoms. The Morgan fingerprint density at radius 2 is 2.12 bits per heavy atom. The molecule has 1 aliphatic rings. The smallest absolute Gasteiger partial charge is 0.167 e. The van der Waals surface area contributed by atoms with Crippen molar-refractivity contribution in [3.8, 4) is 0 Å². The number of rotatable bonds is 5. The van der Waals surface area contributed by atoms with Crippen LogP contribution in [0.5, 0.6) is 0 Å². The van der Waals surface area contributed by atoms with Crippen molar-refractivity contribution in [1.82, 2.24) is 19.5 Å². The van der Waals surface area contributed by atoms with E-state index in [0.717, 1.165) is 29.7 Å². The topological polar surface area (TPSA) is 81.9 Å².